The summed E-state index contributed by atoms with van der Waals surface area (Å²) in [5, 5.41) is 0. The highest BCUT2D eigenvalue weighted by Crippen LogP contribution is 2.25. The van der Waals surface area contributed by atoms with Gasteiger partial charge in [-0.3, -0.25) is 9.36 Å². The van der Waals surface area contributed by atoms with Crippen LogP contribution in [0.25, 0.3) is 17.1 Å². The number of benzene rings is 2. The van der Waals surface area contributed by atoms with Crippen LogP contribution in [0.4, 0.5) is 0 Å². The molecule has 0 bridgehead atoms. The Labute approximate surface area is 135 Å². The number of carbonyl (C=O) groups is 1. The summed E-state index contributed by atoms with van der Waals surface area (Å²) in [6, 6.07) is 15.8. The average Bonchev–Trinajstić information content (AvgIpc) is 3.00. The van der Waals surface area contributed by atoms with Crippen molar-refractivity contribution in [3.63, 3.8) is 0 Å². The van der Waals surface area contributed by atoms with E-state index in [9.17, 15) is 4.79 Å². The molecule has 0 aliphatic rings. The van der Waals surface area contributed by atoms with Gasteiger partial charge in [-0.05, 0) is 26.0 Å². The van der Waals surface area contributed by atoms with E-state index < -0.39 is 0 Å². The van der Waals surface area contributed by atoms with Gasteiger partial charge in [0.1, 0.15) is 17.3 Å². The smallest absolute Gasteiger partial charge is 0.170 e. The number of carbonyl (C=O) groups excluding carboxylic acids is 1. The zero-order valence-corrected chi connectivity index (χ0v) is 13.2. The van der Waals surface area contributed by atoms with Gasteiger partial charge in [0, 0.05) is 17.8 Å². The van der Waals surface area contributed by atoms with E-state index in [1.54, 1.807) is 6.20 Å². The third kappa shape index (κ3) is 3.16. The summed E-state index contributed by atoms with van der Waals surface area (Å²) in [6.45, 7) is 4.60. The molecule has 0 spiro atoms. The quantitative estimate of drug-likeness (QED) is 0.668. The van der Waals surface area contributed by atoms with Gasteiger partial charge in [-0.25, -0.2) is 4.98 Å². The van der Waals surface area contributed by atoms with Gasteiger partial charge in [-0.2, -0.15) is 0 Å². The van der Waals surface area contributed by atoms with Crippen LogP contribution in [0, 0.1) is 6.92 Å². The lowest BCUT2D eigenvalue weighted by atomic mass is 10.1. The van der Waals surface area contributed by atoms with Crippen LogP contribution in [0.2, 0.25) is 0 Å². The van der Waals surface area contributed by atoms with E-state index in [4.69, 9.17) is 4.74 Å². The first-order valence-electron chi connectivity index (χ1n) is 7.56. The molecule has 0 aliphatic carbocycles. The second-order valence-corrected chi connectivity index (χ2v) is 5.27. The molecule has 0 amide bonds. The minimum Gasteiger partial charge on any atom is -0.494 e. The zero-order valence-electron chi connectivity index (χ0n) is 13.2. The Kier molecular flexibility index (Phi) is 4.24. The zero-order chi connectivity index (χ0) is 16.2. The summed E-state index contributed by atoms with van der Waals surface area (Å²) in [4.78, 5) is 15.6. The second-order valence-electron chi connectivity index (χ2n) is 5.27. The molecule has 0 saturated heterocycles. The summed E-state index contributed by atoms with van der Waals surface area (Å²) < 4.78 is 7.47. The number of nitrogens with zero attached hydrogens (tertiary/aromatic N) is 2. The second kappa shape index (κ2) is 6.48. The molecule has 3 rings (SSSR count). The van der Waals surface area contributed by atoms with Gasteiger partial charge in [0.25, 0.3) is 0 Å². The third-order valence-corrected chi connectivity index (χ3v) is 3.56. The fourth-order valence-electron chi connectivity index (χ4n) is 2.45. The average molecular weight is 306 g/mol. The van der Waals surface area contributed by atoms with E-state index in [-0.39, 0.29) is 0 Å². The van der Waals surface area contributed by atoms with Crippen LogP contribution in [0.15, 0.2) is 54.7 Å². The van der Waals surface area contributed by atoms with Crippen LogP contribution >= 0.6 is 0 Å². The van der Waals surface area contributed by atoms with Crippen molar-refractivity contribution < 1.29 is 9.53 Å². The Bertz CT molecular complexity index is 820. The molecular weight excluding hydrogens is 288 g/mol. The van der Waals surface area contributed by atoms with Crippen molar-refractivity contribution in [1.29, 1.82) is 0 Å². The van der Waals surface area contributed by atoms with Crippen LogP contribution in [0.5, 0.6) is 5.75 Å². The predicted molar refractivity (Wildman–Crippen MR) is 90.3 cm³/mol. The Morgan fingerprint density at radius 2 is 1.96 bits per heavy atom. The predicted octanol–water partition coefficient (Wildman–Crippen LogP) is 4.06. The van der Waals surface area contributed by atoms with Gasteiger partial charge in [-0.15, -0.1) is 0 Å². The molecule has 0 fully saturated rings. The van der Waals surface area contributed by atoms with Gasteiger partial charge in [0.2, 0.25) is 0 Å². The van der Waals surface area contributed by atoms with Crippen LogP contribution in [0.1, 0.15) is 23.0 Å². The van der Waals surface area contributed by atoms with Crippen molar-refractivity contribution in [2.75, 3.05) is 6.61 Å². The van der Waals surface area contributed by atoms with Crippen LogP contribution < -0.4 is 4.74 Å². The molecule has 3 aromatic rings. The standard InChI is InChI=1S/C19H18N2O2/c1-3-23-18-6-4-5-17(11-18)21-12-16(13-22)20-19(21)15-9-7-14(2)8-10-15/h4-13H,3H2,1-2H3. The summed E-state index contributed by atoms with van der Waals surface area (Å²) in [6.07, 6.45) is 2.51. The molecule has 0 unspecified atom stereocenters. The minimum absolute atomic E-state index is 0.405. The monoisotopic (exact) mass is 306 g/mol. The van der Waals surface area contributed by atoms with E-state index >= 15 is 0 Å². The van der Waals surface area contributed by atoms with Crippen LogP contribution in [-0.2, 0) is 0 Å². The highest BCUT2D eigenvalue weighted by Gasteiger charge is 2.12. The molecule has 0 atom stereocenters. The Morgan fingerprint density at radius 3 is 2.65 bits per heavy atom. The molecule has 23 heavy (non-hydrogen) atoms. The molecular formula is C19H18N2O2. The maximum Gasteiger partial charge on any atom is 0.170 e. The first-order valence-corrected chi connectivity index (χ1v) is 7.56. The molecule has 0 N–H and O–H groups in total. The Hall–Kier alpha value is -2.88. The summed E-state index contributed by atoms with van der Waals surface area (Å²) in [5.74, 6) is 1.53. The molecule has 0 saturated carbocycles. The molecule has 1 heterocycles. The molecule has 0 aliphatic heterocycles. The minimum atomic E-state index is 0.405. The lowest BCUT2D eigenvalue weighted by Crippen LogP contribution is -1.98. The Balaban J connectivity index is 2.11. The number of hydrogen-bond donors (Lipinski definition) is 0. The number of ether oxygens (including phenoxy) is 1. The summed E-state index contributed by atoms with van der Waals surface area (Å²) in [7, 11) is 0. The van der Waals surface area contributed by atoms with E-state index in [0.29, 0.717) is 12.3 Å². The van der Waals surface area contributed by atoms with Gasteiger partial charge >= 0.3 is 0 Å². The molecule has 1 aromatic heterocycles. The van der Waals surface area contributed by atoms with Crippen molar-refractivity contribution in [3.05, 3.63) is 66.0 Å². The van der Waals surface area contributed by atoms with Crippen molar-refractivity contribution in [3.8, 4) is 22.8 Å². The SMILES string of the molecule is CCOc1cccc(-n2cc(C=O)nc2-c2ccc(C)cc2)c1. The highest BCUT2D eigenvalue weighted by molar-refractivity contribution is 5.74. The number of rotatable bonds is 5. The summed E-state index contributed by atoms with van der Waals surface area (Å²) >= 11 is 0. The van der Waals surface area contributed by atoms with Gasteiger partial charge < -0.3 is 4.74 Å². The van der Waals surface area contributed by atoms with Crippen molar-refractivity contribution >= 4 is 6.29 Å². The molecule has 2 aromatic carbocycles. The largest absolute Gasteiger partial charge is 0.494 e. The molecule has 0 radical (unpaired) electrons. The maximum atomic E-state index is 11.2. The van der Waals surface area contributed by atoms with Crippen molar-refractivity contribution in [2.24, 2.45) is 0 Å². The first-order chi connectivity index (χ1) is 11.2. The van der Waals surface area contributed by atoms with Crippen LogP contribution in [0.3, 0.4) is 0 Å². The number of imidazole rings is 1. The number of aldehydes is 1. The van der Waals surface area contributed by atoms with E-state index in [0.717, 1.165) is 29.1 Å². The van der Waals surface area contributed by atoms with Gasteiger partial charge in [0.05, 0.1) is 12.3 Å². The molecule has 4 nitrogen and oxygen atoms in total. The molecule has 116 valence electrons. The maximum absolute atomic E-state index is 11.2. The van der Waals surface area contributed by atoms with E-state index in [1.165, 1.54) is 5.56 Å². The van der Waals surface area contributed by atoms with Crippen molar-refractivity contribution in [2.45, 2.75) is 13.8 Å². The lowest BCUT2D eigenvalue weighted by molar-refractivity contribution is 0.111. The first kappa shape index (κ1) is 15.0. The number of aromatic nitrogens is 2. The number of hydrogen-bond acceptors (Lipinski definition) is 3. The van der Waals surface area contributed by atoms with E-state index in [1.807, 2.05) is 66.9 Å². The lowest BCUT2D eigenvalue weighted by Gasteiger charge is -2.10. The summed E-state index contributed by atoms with van der Waals surface area (Å²) in [5.41, 5.74) is 3.46. The van der Waals surface area contributed by atoms with Gasteiger partial charge in [-0.1, -0.05) is 35.9 Å². The molecule has 4 heteroatoms. The highest BCUT2D eigenvalue weighted by atomic mass is 16.5. The normalized spacial score (nSPS) is 10.5. The van der Waals surface area contributed by atoms with Crippen LogP contribution in [-0.4, -0.2) is 22.4 Å². The fourth-order valence-corrected chi connectivity index (χ4v) is 2.45. The van der Waals surface area contributed by atoms with Crippen molar-refractivity contribution in [1.82, 2.24) is 9.55 Å². The van der Waals surface area contributed by atoms with E-state index in [2.05, 4.69) is 4.98 Å². The topological polar surface area (TPSA) is 44.1 Å². The van der Waals surface area contributed by atoms with Gasteiger partial charge in [0.15, 0.2) is 6.29 Å². The fraction of sp³-hybridized carbons (Fsp3) is 0.158. The third-order valence-electron chi connectivity index (χ3n) is 3.56. The number of aryl methyl sites for hydroxylation is 1. The Morgan fingerprint density at radius 1 is 1.17 bits per heavy atom.